The van der Waals surface area contributed by atoms with Crippen molar-refractivity contribution in [3.63, 3.8) is 0 Å². The average Bonchev–Trinajstić information content (AvgIpc) is 1.38. The molecule has 0 atom stereocenters. The molecule has 0 radical (unpaired) electrons. The van der Waals surface area contributed by atoms with Crippen LogP contribution in [0.1, 0.15) is 0 Å². The van der Waals surface area contributed by atoms with E-state index in [1.165, 1.54) is 0 Å². The van der Waals surface area contributed by atoms with Crippen molar-refractivity contribution < 1.29 is 20.0 Å². The summed E-state index contributed by atoms with van der Waals surface area (Å²) in [6.07, 6.45) is -1.69. The first kappa shape index (κ1) is 9.41. The van der Waals surface area contributed by atoms with Crippen LogP contribution >= 0.6 is 0 Å². The Labute approximate surface area is 51.1 Å². The van der Waals surface area contributed by atoms with Crippen LogP contribution in [-0.2, 0) is 4.89 Å². The maximum absolute atomic E-state index is 8.90. The van der Waals surface area contributed by atoms with Crippen LogP contribution in [0.2, 0.25) is 0 Å². The van der Waals surface area contributed by atoms with Crippen molar-refractivity contribution in [2.24, 2.45) is 0 Å². The molecule has 0 saturated heterocycles. The Bertz CT molecular complexity index is 42.8. The van der Waals surface area contributed by atoms with Gasteiger partial charge in [0.2, 0.25) is 0 Å². The van der Waals surface area contributed by atoms with Crippen LogP contribution in [0.3, 0.4) is 0 Å². The standard InChI is InChI=1S/CH2O4.Sb.3H/c2-1(3)5-4;;;;/h4H,(H,2,3);;;;. The normalized spacial score (nSPS) is 5.50. The van der Waals surface area contributed by atoms with E-state index in [0.29, 0.717) is 0 Å². The van der Waals surface area contributed by atoms with Crippen molar-refractivity contribution in [2.75, 3.05) is 0 Å². The van der Waals surface area contributed by atoms with Gasteiger partial charge in [-0.1, -0.05) is 0 Å². The minimum atomic E-state index is -1.69. The predicted molar refractivity (Wildman–Crippen MR) is 21.7 cm³/mol. The number of rotatable bonds is 0. The van der Waals surface area contributed by atoms with E-state index in [-0.39, 0.29) is 24.4 Å². The van der Waals surface area contributed by atoms with Crippen LogP contribution in [-0.4, -0.2) is 40.9 Å². The van der Waals surface area contributed by atoms with Gasteiger partial charge in [-0.15, -0.1) is 0 Å². The topological polar surface area (TPSA) is 66.8 Å². The van der Waals surface area contributed by atoms with Crippen molar-refractivity contribution in [3.05, 3.63) is 0 Å². The van der Waals surface area contributed by atoms with E-state index >= 15 is 0 Å². The fraction of sp³-hybridized carbons (Fsp3) is 0. The first-order chi connectivity index (χ1) is 2.27. The van der Waals surface area contributed by atoms with Gasteiger partial charge in [0, 0.05) is 0 Å². The van der Waals surface area contributed by atoms with Gasteiger partial charge in [-0.25, -0.2) is 4.79 Å². The zero-order valence-electron chi connectivity index (χ0n) is 2.92. The van der Waals surface area contributed by atoms with Gasteiger partial charge in [0.05, 0.1) is 0 Å². The van der Waals surface area contributed by atoms with Crippen molar-refractivity contribution in [1.82, 2.24) is 0 Å². The second kappa shape index (κ2) is 5.05. The number of carbonyl (C=O) groups is 1. The van der Waals surface area contributed by atoms with Gasteiger partial charge in [-0.2, -0.15) is 5.26 Å². The van der Waals surface area contributed by atoms with Crippen LogP contribution in [0.4, 0.5) is 4.79 Å². The van der Waals surface area contributed by atoms with Crippen LogP contribution in [0.25, 0.3) is 0 Å². The molecule has 0 aromatic rings. The van der Waals surface area contributed by atoms with Crippen molar-refractivity contribution in [2.45, 2.75) is 0 Å². The Morgan fingerprint density at radius 3 is 1.83 bits per heavy atom. The molecule has 0 aliphatic rings. The molecule has 6 heavy (non-hydrogen) atoms. The van der Waals surface area contributed by atoms with E-state index in [1.807, 2.05) is 0 Å². The van der Waals surface area contributed by atoms with Gasteiger partial charge in [0.15, 0.2) is 0 Å². The summed E-state index contributed by atoms with van der Waals surface area (Å²) in [5.41, 5.74) is 0. The van der Waals surface area contributed by atoms with Gasteiger partial charge >= 0.3 is 30.6 Å². The number of carboxylic acid groups (broad SMARTS) is 1. The molecule has 2 N–H and O–H groups in total. The second-order valence-corrected chi connectivity index (χ2v) is 0.357. The Balaban J connectivity index is 0. The van der Waals surface area contributed by atoms with Crippen molar-refractivity contribution in [3.8, 4) is 0 Å². The SMILES string of the molecule is O=C(O)OO.[SbH3]. The van der Waals surface area contributed by atoms with E-state index < -0.39 is 6.16 Å². The first-order valence-electron chi connectivity index (χ1n) is 0.814. The van der Waals surface area contributed by atoms with Crippen LogP contribution < -0.4 is 0 Å². The third-order valence-corrected chi connectivity index (χ3v) is 0.0781. The molecule has 0 rings (SSSR count). The Morgan fingerprint density at radius 2 is 1.83 bits per heavy atom. The van der Waals surface area contributed by atoms with Crippen molar-refractivity contribution >= 4 is 30.6 Å². The Hall–Kier alpha value is 0.0482. The second-order valence-electron chi connectivity index (χ2n) is 0.357. The molecule has 4 nitrogen and oxygen atoms in total. The first-order valence-corrected chi connectivity index (χ1v) is 0.814. The van der Waals surface area contributed by atoms with E-state index in [1.54, 1.807) is 0 Å². The molecular formula is CH5O4Sb. The minimum absolute atomic E-state index is 0. The fourth-order valence-electron chi connectivity index (χ4n) is 0. The summed E-state index contributed by atoms with van der Waals surface area (Å²) < 4.78 is 0. The molecule has 0 heterocycles. The Morgan fingerprint density at radius 1 is 1.67 bits per heavy atom. The zero-order valence-corrected chi connectivity index (χ0v) is 6.95. The van der Waals surface area contributed by atoms with E-state index in [0.717, 1.165) is 0 Å². The number of hydrogen-bond donors (Lipinski definition) is 2. The van der Waals surface area contributed by atoms with Gasteiger partial charge in [0.1, 0.15) is 0 Å². The molecule has 0 amide bonds. The number of hydrogen-bond acceptors (Lipinski definition) is 3. The zero-order chi connectivity index (χ0) is 4.28. The molecular weight excluding hydrogens is 198 g/mol. The molecule has 0 saturated carbocycles. The fourth-order valence-corrected chi connectivity index (χ4v) is 0. The molecule has 0 aromatic heterocycles. The van der Waals surface area contributed by atoms with Gasteiger partial charge < -0.3 is 5.11 Å². The molecule has 0 bridgehead atoms. The summed E-state index contributed by atoms with van der Waals surface area (Å²) in [5, 5.41) is 14.3. The summed E-state index contributed by atoms with van der Waals surface area (Å²) in [6, 6.07) is 0. The molecule has 0 fully saturated rings. The predicted octanol–water partition coefficient (Wildman–Crippen LogP) is -1.03. The average molecular weight is 203 g/mol. The van der Waals surface area contributed by atoms with Gasteiger partial charge in [-0.05, 0) is 0 Å². The summed E-state index contributed by atoms with van der Waals surface area (Å²) in [6.45, 7) is 0. The molecule has 0 aromatic carbocycles. The molecule has 38 valence electrons. The van der Waals surface area contributed by atoms with Crippen LogP contribution in [0.15, 0.2) is 0 Å². The van der Waals surface area contributed by atoms with Crippen LogP contribution in [0, 0.1) is 0 Å². The molecule has 0 aliphatic heterocycles. The molecule has 0 spiro atoms. The van der Waals surface area contributed by atoms with Gasteiger partial charge in [0.25, 0.3) is 0 Å². The summed E-state index contributed by atoms with van der Waals surface area (Å²) >= 11 is 0. The molecule has 0 aliphatic carbocycles. The van der Waals surface area contributed by atoms with Gasteiger partial charge in [-0.3, -0.25) is 4.89 Å². The maximum atomic E-state index is 8.90. The van der Waals surface area contributed by atoms with Crippen molar-refractivity contribution in [1.29, 1.82) is 0 Å². The van der Waals surface area contributed by atoms with E-state index in [4.69, 9.17) is 15.2 Å². The van der Waals surface area contributed by atoms with Crippen LogP contribution in [0.5, 0.6) is 0 Å². The third-order valence-electron chi connectivity index (χ3n) is 0.0781. The third kappa shape index (κ3) is 8.97. The van der Waals surface area contributed by atoms with E-state index in [9.17, 15) is 0 Å². The quantitative estimate of drug-likeness (QED) is 0.300. The Kier molecular flexibility index (Phi) is 7.91. The summed E-state index contributed by atoms with van der Waals surface area (Å²) in [7, 11) is 0. The monoisotopic (exact) mass is 202 g/mol. The molecule has 0 unspecified atom stereocenters. The summed E-state index contributed by atoms with van der Waals surface area (Å²) in [4.78, 5) is 11.6. The summed E-state index contributed by atoms with van der Waals surface area (Å²) in [5.74, 6) is 0. The molecule has 5 heteroatoms. The van der Waals surface area contributed by atoms with E-state index in [2.05, 4.69) is 4.89 Å².